The first-order valence-corrected chi connectivity index (χ1v) is 14.7. The molecule has 9 heteroatoms. The maximum atomic E-state index is 13.2. The summed E-state index contributed by atoms with van der Waals surface area (Å²) in [6.07, 6.45) is 4.51. The van der Waals surface area contributed by atoms with Crippen molar-refractivity contribution in [3.05, 3.63) is 106 Å². The normalized spacial score (nSPS) is 13.7. The number of carbonyl (C=O) groups excluding carboxylic acids is 3. The van der Waals surface area contributed by atoms with Crippen LogP contribution in [0.1, 0.15) is 64.5 Å². The fourth-order valence-corrected chi connectivity index (χ4v) is 5.40. The highest BCUT2D eigenvalue weighted by Gasteiger charge is 2.29. The van der Waals surface area contributed by atoms with Crippen LogP contribution in [0.15, 0.2) is 72.8 Å². The van der Waals surface area contributed by atoms with Gasteiger partial charge in [0.1, 0.15) is 40.6 Å². The summed E-state index contributed by atoms with van der Waals surface area (Å²) < 4.78 is 35.0. The van der Waals surface area contributed by atoms with Gasteiger partial charge >= 0.3 is 17.9 Å². The highest BCUT2D eigenvalue weighted by atomic mass is 16.6. The molecule has 1 aliphatic heterocycles. The third-order valence-corrected chi connectivity index (χ3v) is 7.47. The Labute approximate surface area is 267 Å². The van der Waals surface area contributed by atoms with E-state index < -0.39 is 17.9 Å². The van der Waals surface area contributed by atoms with Crippen molar-refractivity contribution in [3.63, 3.8) is 0 Å². The molecule has 0 spiro atoms. The number of hydrogen-bond acceptors (Lipinski definition) is 9. The molecular formula is C37H34O9. The van der Waals surface area contributed by atoms with Crippen LogP contribution in [0.4, 0.5) is 0 Å². The summed E-state index contributed by atoms with van der Waals surface area (Å²) in [4.78, 5) is 37.3. The lowest BCUT2D eigenvalue weighted by Gasteiger charge is -2.30. The summed E-state index contributed by atoms with van der Waals surface area (Å²) in [5.41, 5.74) is 3.54. The van der Waals surface area contributed by atoms with Crippen LogP contribution in [-0.2, 0) is 16.0 Å². The Hall–Kier alpha value is -5.57. The quantitative estimate of drug-likeness (QED) is 0.108. The molecule has 46 heavy (non-hydrogen) atoms. The van der Waals surface area contributed by atoms with Crippen molar-refractivity contribution in [2.75, 3.05) is 14.2 Å². The van der Waals surface area contributed by atoms with Crippen LogP contribution in [0.2, 0.25) is 0 Å². The van der Waals surface area contributed by atoms with E-state index in [9.17, 15) is 14.4 Å². The molecule has 0 unspecified atom stereocenters. The van der Waals surface area contributed by atoms with Crippen LogP contribution in [0.25, 0.3) is 12.2 Å². The van der Waals surface area contributed by atoms with Gasteiger partial charge in [0.25, 0.3) is 0 Å². The summed E-state index contributed by atoms with van der Waals surface area (Å²) >= 11 is 0. The van der Waals surface area contributed by atoms with Crippen LogP contribution in [0.3, 0.4) is 0 Å². The van der Waals surface area contributed by atoms with E-state index >= 15 is 0 Å². The summed E-state index contributed by atoms with van der Waals surface area (Å²) in [6, 6.07) is 21.5. The molecule has 5 rings (SSSR count). The molecule has 1 heterocycles. The maximum absolute atomic E-state index is 13.2. The van der Waals surface area contributed by atoms with E-state index in [-0.39, 0.29) is 23.4 Å². The van der Waals surface area contributed by atoms with Crippen molar-refractivity contribution in [1.82, 2.24) is 0 Å². The molecule has 0 aliphatic carbocycles. The third kappa shape index (κ3) is 6.89. The summed E-state index contributed by atoms with van der Waals surface area (Å²) in [5, 5.41) is 0. The predicted octanol–water partition coefficient (Wildman–Crippen LogP) is 7.32. The average Bonchev–Trinajstić information content (AvgIpc) is 3.05. The van der Waals surface area contributed by atoms with Gasteiger partial charge < -0.3 is 28.4 Å². The average molecular weight is 623 g/mol. The largest absolute Gasteiger partial charge is 0.496 e. The second-order valence-electron chi connectivity index (χ2n) is 10.6. The number of benzene rings is 4. The van der Waals surface area contributed by atoms with E-state index in [0.29, 0.717) is 52.3 Å². The minimum Gasteiger partial charge on any atom is -0.496 e. The third-order valence-electron chi connectivity index (χ3n) is 7.47. The van der Waals surface area contributed by atoms with Gasteiger partial charge in [0.2, 0.25) is 0 Å². The van der Waals surface area contributed by atoms with Crippen molar-refractivity contribution < 1.29 is 42.8 Å². The molecule has 9 nitrogen and oxygen atoms in total. The highest BCUT2D eigenvalue weighted by Crippen LogP contribution is 2.48. The Kier molecular flexibility index (Phi) is 9.71. The van der Waals surface area contributed by atoms with Gasteiger partial charge in [0.15, 0.2) is 0 Å². The molecule has 0 radical (unpaired) electrons. The minimum atomic E-state index is -0.619. The number of methoxy groups -OCH3 is 2. The van der Waals surface area contributed by atoms with E-state index in [1.807, 2.05) is 30.3 Å². The Bertz CT molecular complexity index is 1790. The Morgan fingerprint density at radius 3 is 1.96 bits per heavy atom. The lowest BCUT2D eigenvalue weighted by molar-refractivity contribution is -0.132. The summed E-state index contributed by atoms with van der Waals surface area (Å²) in [7, 11) is 3.02. The van der Waals surface area contributed by atoms with Crippen molar-refractivity contribution in [2.45, 2.75) is 39.7 Å². The summed E-state index contributed by atoms with van der Waals surface area (Å²) in [6.45, 7) is 4.32. The van der Waals surface area contributed by atoms with Gasteiger partial charge in [0.05, 0.1) is 30.9 Å². The number of ether oxygens (including phenoxy) is 6. The zero-order valence-corrected chi connectivity index (χ0v) is 26.2. The van der Waals surface area contributed by atoms with E-state index in [1.165, 1.54) is 27.0 Å². The van der Waals surface area contributed by atoms with Gasteiger partial charge in [-0.15, -0.1) is 0 Å². The molecule has 0 saturated heterocycles. The van der Waals surface area contributed by atoms with Gasteiger partial charge in [-0.25, -0.2) is 4.79 Å². The maximum Gasteiger partial charge on any atom is 0.343 e. The first-order valence-electron chi connectivity index (χ1n) is 14.7. The number of fused-ring (bicyclic) bond motifs is 1. The molecular weight excluding hydrogens is 588 g/mol. The SMILES string of the molecule is COc1cc(OC(C)=O)c(/C=C/c2c(OC(=O)c3ccccc3)cc(OC(C)=O)c(C)c2OC)c2c1CC[C@@H](c1ccccc1)O2. The van der Waals surface area contributed by atoms with Crippen molar-refractivity contribution in [1.29, 1.82) is 0 Å². The molecule has 0 aromatic heterocycles. The molecule has 1 atom stereocenters. The second-order valence-corrected chi connectivity index (χ2v) is 10.6. The van der Waals surface area contributed by atoms with Gasteiger partial charge in [-0.05, 0) is 49.6 Å². The molecule has 236 valence electrons. The van der Waals surface area contributed by atoms with Crippen molar-refractivity contribution in [2.24, 2.45) is 0 Å². The lowest BCUT2D eigenvalue weighted by Crippen LogP contribution is -2.17. The number of hydrogen-bond donors (Lipinski definition) is 0. The van der Waals surface area contributed by atoms with Crippen LogP contribution >= 0.6 is 0 Å². The zero-order valence-electron chi connectivity index (χ0n) is 26.2. The first-order chi connectivity index (χ1) is 22.2. The van der Waals surface area contributed by atoms with Crippen LogP contribution in [0.5, 0.6) is 34.5 Å². The first kappa shape index (κ1) is 31.8. The fourth-order valence-electron chi connectivity index (χ4n) is 5.40. The number of carbonyl (C=O) groups is 3. The second kappa shape index (κ2) is 14.0. The highest BCUT2D eigenvalue weighted by molar-refractivity contribution is 5.93. The monoisotopic (exact) mass is 622 g/mol. The topological polar surface area (TPSA) is 107 Å². The summed E-state index contributed by atoms with van der Waals surface area (Å²) in [5.74, 6) is 0.143. The van der Waals surface area contributed by atoms with Gasteiger partial charge in [-0.1, -0.05) is 48.5 Å². The van der Waals surface area contributed by atoms with Crippen LogP contribution in [0, 0.1) is 6.92 Å². The van der Waals surface area contributed by atoms with E-state index in [0.717, 1.165) is 11.1 Å². The van der Waals surface area contributed by atoms with Crippen molar-refractivity contribution in [3.8, 4) is 34.5 Å². The molecule has 4 aromatic rings. The number of rotatable bonds is 9. The fraction of sp³-hybridized carbons (Fsp3) is 0.216. The van der Waals surface area contributed by atoms with E-state index in [1.54, 1.807) is 62.6 Å². The van der Waals surface area contributed by atoms with E-state index in [4.69, 9.17) is 28.4 Å². The molecule has 0 fully saturated rings. The molecule has 0 amide bonds. The van der Waals surface area contributed by atoms with Crippen LogP contribution in [-0.4, -0.2) is 32.1 Å². The number of esters is 3. The standard InChI is InChI=1S/C37H34O9/c1-22-31(43-23(2)38)20-34(46-37(40)26-14-10-7-11-15-26)28(35(22)42-5)16-17-29-33(44-24(3)39)21-32(41-4)27-18-19-30(45-36(27)29)25-12-8-6-9-13-25/h6-17,20-21,30H,18-19H2,1-5H3/b17-16+/t30-/m0/s1. The minimum absolute atomic E-state index is 0.0864. The van der Waals surface area contributed by atoms with Gasteiger partial charge in [0, 0.05) is 37.1 Å². The molecule has 0 N–H and O–H groups in total. The Morgan fingerprint density at radius 2 is 1.33 bits per heavy atom. The lowest BCUT2D eigenvalue weighted by atomic mass is 9.93. The predicted molar refractivity (Wildman–Crippen MR) is 172 cm³/mol. The smallest absolute Gasteiger partial charge is 0.343 e. The van der Waals surface area contributed by atoms with Gasteiger partial charge in [-0.3, -0.25) is 9.59 Å². The van der Waals surface area contributed by atoms with Crippen LogP contribution < -0.4 is 28.4 Å². The van der Waals surface area contributed by atoms with Gasteiger partial charge in [-0.2, -0.15) is 0 Å². The molecule has 0 bridgehead atoms. The zero-order chi connectivity index (χ0) is 32.8. The molecule has 0 saturated carbocycles. The molecule has 1 aliphatic rings. The van der Waals surface area contributed by atoms with Crippen molar-refractivity contribution >= 4 is 30.1 Å². The molecule has 4 aromatic carbocycles. The van der Waals surface area contributed by atoms with E-state index in [2.05, 4.69) is 0 Å². The Balaban J connectivity index is 1.67. The Morgan fingerprint density at radius 1 is 0.739 bits per heavy atom.